The van der Waals surface area contributed by atoms with Gasteiger partial charge in [0.1, 0.15) is 0 Å². The van der Waals surface area contributed by atoms with Gasteiger partial charge in [0.05, 0.1) is 12.2 Å². The Morgan fingerprint density at radius 3 is 2.79 bits per heavy atom. The van der Waals surface area contributed by atoms with Gasteiger partial charge in [-0.15, -0.1) is 0 Å². The summed E-state index contributed by atoms with van der Waals surface area (Å²) < 4.78 is 0. The van der Waals surface area contributed by atoms with E-state index >= 15 is 0 Å². The van der Waals surface area contributed by atoms with Crippen molar-refractivity contribution in [3.8, 4) is 0 Å². The summed E-state index contributed by atoms with van der Waals surface area (Å²) >= 11 is 0. The normalized spacial score (nSPS) is 18.0. The SMILES string of the molecule is O=C(c1ccc2c(c1)N=CC=NC2)N1CCCCC1. The van der Waals surface area contributed by atoms with Crippen molar-refractivity contribution in [2.24, 2.45) is 9.98 Å². The van der Waals surface area contributed by atoms with Crippen molar-refractivity contribution >= 4 is 24.0 Å². The lowest BCUT2D eigenvalue weighted by Crippen LogP contribution is -2.35. The number of amides is 1. The third-order valence-electron chi connectivity index (χ3n) is 3.62. The average molecular weight is 255 g/mol. The van der Waals surface area contributed by atoms with E-state index < -0.39 is 0 Å². The van der Waals surface area contributed by atoms with Gasteiger partial charge >= 0.3 is 0 Å². The lowest BCUT2D eigenvalue weighted by molar-refractivity contribution is 0.0724. The maximum atomic E-state index is 12.4. The molecule has 4 nitrogen and oxygen atoms in total. The average Bonchev–Trinajstić information content (AvgIpc) is 2.72. The highest BCUT2D eigenvalue weighted by Gasteiger charge is 2.19. The summed E-state index contributed by atoms with van der Waals surface area (Å²) in [4.78, 5) is 22.9. The van der Waals surface area contributed by atoms with Crippen molar-refractivity contribution in [1.29, 1.82) is 0 Å². The molecule has 1 aromatic rings. The smallest absolute Gasteiger partial charge is 0.253 e. The van der Waals surface area contributed by atoms with Crippen LogP contribution in [0.15, 0.2) is 28.2 Å². The second-order valence-electron chi connectivity index (χ2n) is 4.96. The monoisotopic (exact) mass is 255 g/mol. The van der Waals surface area contributed by atoms with Crippen LogP contribution in [0.1, 0.15) is 35.2 Å². The number of benzene rings is 1. The molecule has 0 spiro atoms. The number of carbonyl (C=O) groups is 1. The molecule has 19 heavy (non-hydrogen) atoms. The number of piperidine rings is 1. The van der Waals surface area contributed by atoms with Gasteiger partial charge in [0, 0.05) is 31.1 Å². The molecule has 2 heterocycles. The van der Waals surface area contributed by atoms with E-state index in [0.717, 1.165) is 42.7 Å². The van der Waals surface area contributed by atoms with Crippen molar-refractivity contribution in [1.82, 2.24) is 4.90 Å². The van der Waals surface area contributed by atoms with Gasteiger partial charge in [0.15, 0.2) is 0 Å². The maximum Gasteiger partial charge on any atom is 0.253 e. The third kappa shape index (κ3) is 2.57. The minimum absolute atomic E-state index is 0.128. The van der Waals surface area contributed by atoms with E-state index in [2.05, 4.69) is 9.98 Å². The van der Waals surface area contributed by atoms with Crippen LogP contribution in [0.25, 0.3) is 0 Å². The minimum atomic E-state index is 0.128. The summed E-state index contributed by atoms with van der Waals surface area (Å²) in [7, 11) is 0. The standard InChI is InChI=1S/C15H17N3O/c19-15(18-8-2-1-3-9-18)12-4-5-13-11-16-6-7-17-14(13)10-12/h4-7,10H,1-3,8-9,11H2. The van der Waals surface area contributed by atoms with Gasteiger partial charge < -0.3 is 4.90 Å². The molecule has 0 bridgehead atoms. The van der Waals surface area contributed by atoms with E-state index in [-0.39, 0.29) is 5.91 Å². The van der Waals surface area contributed by atoms with Crippen LogP contribution in [0.5, 0.6) is 0 Å². The second-order valence-corrected chi connectivity index (χ2v) is 4.96. The summed E-state index contributed by atoms with van der Waals surface area (Å²) in [5.41, 5.74) is 2.67. The fourth-order valence-electron chi connectivity index (χ4n) is 2.54. The van der Waals surface area contributed by atoms with Gasteiger partial charge in [-0.1, -0.05) is 6.07 Å². The van der Waals surface area contributed by atoms with Gasteiger partial charge in [-0.05, 0) is 37.0 Å². The number of hydrogen-bond donors (Lipinski definition) is 0. The number of fused-ring (bicyclic) bond motifs is 1. The summed E-state index contributed by atoms with van der Waals surface area (Å²) in [6.07, 6.45) is 6.84. The number of nitrogens with zero attached hydrogens (tertiary/aromatic N) is 3. The van der Waals surface area contributed by atoms with Crippen LogP contribution in [-0.2, 0) is 6.54 Å². The zero-order valence-corrected chi connectivity index (χ0v) is 10.9. The number of hydrogen-bond acceptors (Lipinski definition) is 3. The first-order valence-electron chi connectivity index (χ1n) is 6.79. The van der Waals surface area contributed by atoms with Gasteiger partial charge in [-0.2, -0.15) is 0 Å². The molecule has 1 amide bonds. The van der Waals surface area contributed by atoms with Gasteiger partial charge in [-0.3, -0.25) is 14.8 Å². The highest BCUT2D eigenvalue weighted by atomic mass is 16.2. The van der Waals surface area contributed by atoms with Crippen LogP contribution < -0.4 is 0 Å². The quantitative estimate of drug-likeness (QED) is 0.760. The Kier molecular flexibility index (Phi) is 3.40. The number of carbonyl (C=O) groups excluding carboxylic acids is 1. The summed E-state index contributed by atoms with van der Waals surface area (Å²) in [5.74, 6) is 0.128. The molecule has 0 unspecified atom stereocenters. The molecule has 4 heteroatoms. The van der Waals surface area contributed by atoms with Crippen LogP contribution in [0.2, 0.25) is 0 Å². The molecule has 0 aliphatic carbocycles. The molecule has 0 radical (unpaired) electrons. The van der Waals surface area contributed by atoms with Crippen molar-refractivity contribution in [3.05, 3.63) is 29.3 Å². The molecule has 1 saturated heterocycles. The molecule has 3 rings (SSSR count). The Morgan fingerprint density at radius 1 is 1.11 bits per heavy atom. The highest BCUT2D eigenvalue weighted by Crippen LogP contribution is 2.24. The number of likely N-dealkylation sites (tertiary alicyclic amines) is 1. The van der Waals surface area contributed by atoms with Crippen molar-refractivity contribution in [2.45, 2.75) is 25.8 Å². The molecule has 2 aliphatic rings. The zero-order valence-electron chi connectivity index (χ0n) is 10.9. The maximum absolute atomic E-state index is 12.4. The fourth-order valence-corrected chi connectivity index (χ4v) is 2.54. The summed E-state index contributed by atoms with van der Waals surface area (Å²) in [6, 6.07) is 5.75. The molecule has 0 N–H and O–H groups in total. The lowest BCUT2D eigenvalue weighted by atomic mass is 10.1. The van der Waals surface area contributed by atoms with Crippen molar-refractivity contribution in [2.75, 3.05) is 13.1 Å². The number of aliphatic imine (C=N–C) groups is 2. The minimum Gasteiger partial charge on any atom is -0.339 e. The van der Waals surface area contributed by atoms with Crippen molar-refractivity contribution < 1.29 is 4.79 Å². The van der Waals surface area contributed by atoms with Crippen LogP contribution in [-0.4, -0.2) is 36.3 Å². The number of rotatable bonds is 1. The van der Waals surface area contributed by atoms with E-state index in [0.29, 0.717) is 6.54 Å². The molecule has 0 saturated carbocycles. The highest BCUT2D eigenvalue weighted by molar-refractivity contribution is 6.17. The first kappa shape index (κ1) is 12.1. The van der Waals surface area contributed by atoms with Crippen molar-refractivity contribution in [3.63, 3.8) is 0 Å². The Morgan fingerprint density at radius 2 is 1.95 bits per heavy atom. The third-order valence-corrected chi connectivity index (χ3v) is 3.62. The van der Waals surface area contributed by atoms with E-state index in [9.17, 15) is 4.79 Å². The molecule has 98 valence electrons. The molecular formula is C15H17N3O. The molecule has 1 aromatic carbocycles. The molecule has 0 atom stereocenters. The summed E-state index contributed by atoms with van der Waals surface area (Å²) in [6.45, 7) is 2.39. The van der Waals surface area contributed by atoms with Gasteiger partial charge in [0.2, 0.25) is 0 Å². The van der Waals surface area contributed by atoms with E-state index in [4.69, 9.17) is 0 Å². The lowest BCUT2D eigenvalue weighted by Gasteiger charge is -2.26. The zero-order chi connectivity index (χ0) is 13.1. The van der Waals surface area contributed by atoms with Crippen LogP contribution >= 0.6 is 0 Å². The van der Waals surface area contributed by atoms with Gasteiger partial charge in [0.25, 0.3) is 5.91 Å². The first-order chi connectivity index (χ1) is 9.34. The molecule has 1 fully saturated rings. The van der Waals surface area contributed by atoms with E-state index in [1.165, 1.54) is 6.42 Å². The molecule has 0 aromatic heterocycles. The Labute approximate surface area is 112 Å². The Balaban J connectivity index is 1.85. The van der Waals surface area contributed by atoms with E-state index in [1.807, 2.05) is 23.1 Å². The van der Waals surface area contributed by atoms with Crippen LogP contribution in [0.4, 0.5) is 5.69 Å². The fraction of sp³-hybridized carbons (Fsp3) is 0.400. The molecular weight excluding hydrogens is 238 g/mol. The molecule has 2 aliphatic heterocycles. The first-order valence-corrected chi connectivity index (χ1v) is 6.79. The van der Waals surface area contributed by atoms with Crippen LogP contribution in [0.3, 0.4) is 0 Å². The predicted molar refractivity (Wildman–Crippen MR) is 76.5 cm³/mol. The van der Waals surface area contributed by atoms with E-state index in [1.54, 1.807) is 12.4 Å². The predicted octanol–water partition coefficient (Wildman–Crippen LogP) is 2.60. The Hall–Kier alpha value is -1.97. The summed E-state index contributed by atoms with van der Waals surface area (Å²) in [5, 5.41) is 0. The Bertz CT molecular complexity index is 542. The second kappa shape index (κ2) is 5.34. The largest absolute Gasteiger partial charge is 0.339 e. The van der Waals surface area contributed by atoms with Crippen LogP contribution in [0, 0.1) is 0 Å². The van der Waals surface area contributed by atoms with Gasteiger partial charge in [-0.25, -0.2) is 0 Å². The topological polar surface area (TPSA) is 45.0 Å².